The number of halogens is 1. The van der Waals surface area contributed by atoms with Crippen LogP contribution in [0.15, 0.2) is 42.7 Å². The number of hydrogen-bond acceptors (Lipinski definition) is 3. The van der Waals surface area contributed by atoms with E-state index in [2.05, 4.69) is 17.2 Å². The molecule has 2 aromatic rings. The molecule has 1 N–H and O–H groups in total. The number of nitrogens with zero attached hydrogens (tertiary/aromatic N) is 1. The van der Waals surface area contributed by atoms with E-state index in [9.17, 15) is 4.39 Å². The Labute approximate surface area is 125 Å². The third-order valence-corrected chi connectivity index (χ3v) is 3.42. The Morgan fingerprint density at radius 2 is 1.86 bits per heavy atom. The summed E-state index contributed by atoms with van der Waals surface area (Å²) >= 11 is 0. The average molecular weight is 288 g/mol. The van der Waals surface area contributed by atoms with Gasteiger partial charge in [-0.3, -0.25) is 4.98 Å². The minimum Gasteiger partial charge on any atom is -0.494 e. The van der Waals surface area contributed by atoms with E-state index in [4.69, 9.17) is 4.74 Å². The van der Waals surface area contributed by atoms with Crippen molar-refractivity contribution in [3.8, 4) is 5.75 Å². The molecule has 3 nitrogen and oxygen atoms in total. The molecule has 0 saturated heterocycles. The van der Waals surface area contributed by atoms with E-state index in [0.717, 1.165) is 24.9 Å². The highest BCUT2D eigenvalue weighted by Gasteiger charge is 2.11. The number of pyridine rings is 1. The summed E-state index contributed by atoms with van der Waals surface area (Å²) in [6.07, 6.45) is 5.26. The van der Waals surface area contributed by atoms with Crippen LogP contribution >= 0.6 is 0 Å². The van der Waals surface area contributed by atoms with Crippen molar-refractivity contribution in [1.29, 1.82) is 0 Å². The van der Waals surface area contributed by atoms with Crippen LogP contribution in [0, 0.1) is 5.82 Å². The van der Waals surface area contributed by atoms with E-state index in [1.807, 2.05) is 18.2 Å². The van der Waals surface area contributed by atoms with Crippen LogP contribution in [0.2, 0.25) is 0 Å². The molecule has 112 valence electrons. The van der Waals surface area contributed by atoms with Crippen molar-refractivity contribution in [2.24, 2.45) is 0 Å². The number of ether oxygens (including phenoxy) is 1. The lowest BCUT2D eigenvalue weighted by Gasteiger charge is -2.18. The second-order valence-electron chi connectivity index (χ2n) is 4.99. The minimum absolute atomic E-state index is 0.269. The summed E-state index contributed by atoms with van der Waals surface area (Å²) in [6, 6.07) is 9.44. The third kappa shape index (κ3) is 4.53. The van der Waals surface area contributed by atoms with Crippen molar-refractivity contribution in [2.75, 3.05) is 13.7 Å². The molecule has 0 aliphatic heterocycles. The fraction of sp³-hybridized carbons (Fsp3) is 0.353. The zero-order chi connectivity index (χ0) is 15.1. The van der Waals surface area contributed by atoms with Gasteiger partial charge in [-0.25, -0.2) is 4.39 Å². The highest BCUT2D eigenvalue weighted by atomic mass is 19.1. The van der Waals surface area contributed by atoms with Crippen LogP contribution in [0.5, 0.6) is 5.75 Å². The van der Waals surface area contributed by atoms with Crippen molar-refractivity contribution < 1.29 is 9.13 Å². The Balaban J connectivity index is 2.07. The Morgan fingerprint density at radius 3 is 2.48 bits per heavy atom. The van der Waals surface area contributed by atoms with E-state index < -0.39 is 0 Å². The molecule has 0 spiro atoms. The zero-order valence-corrected chi connectivity index (χ0v) is 12.5. The van der Waals surface area contributed by atoms with Crippen molar-refractivity contribution in [2.45, 2.75) is 25.8 Å². The van der Waals surface area contributed by atoms with Crippen LogP contribution in [0.4, 0.5) is 4.39 Å². The lowest BCUT2D eigenvalue weighted by Crippen LogP contribution is -2.33. The largest absolute Gasteiger partial charge is 0.494 e. The van der Waals surface area contributed by atoms with Crippen LogP contribution in [0.3, 0.4) is 0 Å². The van der Waals surface area contributed by atoms with E-state index in [1.54, 1.807) is 24.5 Å². The van der Waals surface area contributed by atoms with Gasteiger partial charge in [0, 0.05) is 18.4 Å². The van der Waals surface area contributed by atoms with Crippen LogP contribution in [0.1, 0.15) is 18.1 Å². The molecule has 0 amide bonds. The molecule has 2 rings (SSSR count). The SMILES string of the molecule is CCNC(Cc1ccncc1)Cc1ccc(OC)c(F)c1. The molecule has 0 radical (unpaired) electrons. The maximum absolute atomic E-state index is 13.8. The summed E-state index contributed by atoms with van der Waals surface area (Å²) in [7, 11) is 1.48. The van der Waals surface area contributed by atoms with E-state index in [0.29, 0.717) is 0 Å². The number of likely N-dealkylation sites (N-methyl/N-ethyl adjacent to an activating group) is 1. The fourth-order valence-corrected chi connectivity index (χ4v) is 2.43. The van der Waals surface area contributed by atoms with Gasteiger partial charge in [0.05, 0.1) is 7.11 Å². The molecule has 0 fully saturated rings. The zero-order valence-electron chi connectivity index (χ0n) is 12.5. The van der Waals surface area contributed by atoms with Crippen molar-refractivity contribution in [1.82, 2.24) is 10.3 Å². The van der Waals surface area contributed by atoms with E-state index >= 15 is 0 Å². The summed E-state index contributed by atoms with van der Waals surface area (Å²) in [5, 5.41) is 3.45. The van der Waals surface area contributed by atoms with Gasteiger partial charge in [0.15, 0.2) is 11.6 Å². The van der Waals surface area contributed by atoms with E-state index in [-0.39, 0.29) is 17.6 Å². The topological polar surface area (TPSA) is 34.2 Å². The highest BCUT2D eigenvalue weighted by molar-refractivity contribution is 5.30. The molecule has 0 bridgehead atoms. The molecule has 0 saturated carbocycles. The Kier molecular flexibility index (Phi) is 5.69. The van der Waals surface area contributed by atoms with Gasteiger partial charge >= 0.3 is 0 Å². The van der Waals surface area contributed by atoms with E-state index in [1.165, 1.54) is 12.7 Å². The van der Waals surface area contributed by atoms with Gasteiger partial charge < -0.3 is 10.1 Å². The monoisotopic (exact) mass is 288 g/mol. The molecular formula is C17H21FN2O. The minimum atomic E-state index is -0.311. The van der Waals surface area contributed by atoms with Crippen LogP contribution in [-0.4, -0.2) is 24.7 Å². The molecule has 0 aliphatic rings. The number of benzene rings is 1. The maximum atomic E-state index is 13.8. The number of aromatic nitrogens is 1. The van der Waals surface area contributed by atoms with Crippen molar-refractivity contribution in [3.05, 3.63) is 59.7 Å². The summed E-state index contributed by atoms with van der Waals surface area (Å²) in [4.78, 5) is 4.03. The van der Waals surface area contributed by atoms with Gasteiger partial charge in [0.25, 0.3) is 0 Å². The van der Waals surface area contributed by atoms with Crippen LogP contribution in [-0.2, 0) is 12.8 Å². The average Bonchev–Trinajstić information content (AvgIpc) is 2.49. The van der Waals surface area contributed by atoms with Gasteiger partial charge in [-0.1, -0.05) is 13.0 Å². The first-order chi connectivity index (χ1) is 10.2. The molecule has 0 aliphatic carbocycles. The fourth-order valence-electron chi connectivity index (χ4n) is 2.43. The number of nitrogens with one attached hydrogen (secondary N) is 1. The molecule has 4 heteroatoms. The Morgan fingerprint density at radius 1 is 1.14 bits per heavy atom. The lowest BCUT2D eigenvalue weighted by molar-refractivity contribution is 0.386. The van der Waals surface area contributed by atoms with Gasteiger partial charge in [-0.15, -0.1) is 0 Å². The number of rotatable bonds is 7. The summed E-state index contributed by atoms with van der Waals surface area (Å²) < 4.78 is 18.7. The molecule has 1 atom stereocenters. The normalized spacial score (nSPS) is 12.1. The standard InChI is InChI=1S/C17H21FN2O/c1-3-20-15(10-13-6-8-19-9-7-13)11-14-4-5-17(21-2)16(18)12-14/h4-9,12,15,20H,3,10-11H2,1-2H3. The second kappa shape index (κ2) is 7.74. The first-order valence-corrected chi connectivity index (χ1v) is 7.17. The Hall–Kier alpha value is -1.94. The van der Waals surface area contributed by atoms with Crippen LogP contribution in [0.25, 0.3) is 0 Å². The first kappa shape index (κ1) is 15.4. The summed E-state index contributed by atoms with van der Waals surface area (Å²) in [6.45, 7) is 2.96. The second-order valence-corrected chi connectivity index (χ2v) is 4.99. The smallest absolute Gasteiger partial charge is 0.165 e. The van der Waals surface area contributed by atoms with Crippen molar-refractivity contribution in [3.63, 3.8) is 0 Å². The molecular weight excluding hydrogens is 267 g/mol. The third-order valence-electron chi connectivity index (χ3n) is 3.42. The van der Waals surface area contributed by atoms with Gasteiger partial charge in [-0.2, -0.15) is 0 Å². The predicted octanol–water partition coefficient (Wildman–Crippen LogP) is 2.99. The lowest BCUT2D eigenvalue weighted by atomic mass is 9.99. The molecule has 1 heterocycles. The maximum Gasteiger partial charge on any atom is 0.165 e. The van der Waals surface area contributed by atoms with Crippen LogP contribution < -0.4 is 10.1 Å². The van der Waals surface area contributed by atoms with Crippen molar-refractivity contribution >= 4 is 0 Å². The summed E-state index contributed by atoms with van der Waals surface area (Å²) in [5.41, 5.74) is 2.19. The molecule has 21 heavy (non-hydrogen) atoms. The predicted molar refractivity (Wildman–Crippen MR) is 82.1 cm³/mol. The molecule has 1 aromatic heterocycles. The highest BCUT2D eigenvalue weighted by Crippen LogP contribution is 2.19. The molecule has 1 unspecified atom stereocenters. The first-order valence-electron chi connectivity index (χ1n) is 7.17. The number of hydrogen-bond donors (Lipinski definition) is 1. The number of methoxy groups -OCH3 is 1. The molecule has 1 aromatic carbocycles. The summed E-state index contributed by atoms with van der Waals surface area (Å²) in [5.74, 6) is -0.0259. The quantitative estimate of drug-likeness (QED) is 0.850. The van der Waals surface area contributed by atoms with Gasteiger partial charge in [0.2, 0.25) is 0 Å². The van der Waals surface area contributed by atoms with Gasteiger partial charge in [-0.05, 0) is 54.8 Å². The van der Waals surface area contributed by atoms with Gasteiger partial charge in [0.1, 0.15) is 0 Å². The Bertz CT molecular complexity index is 560.